The third kappa shape index (κ3) is 51.1. The largest absolute Gasteiger partial charge is 0.668 e. The Hall–Kier alpha value is -0.473. The van der Waals surface area contributed by atoms with E-state index in [4.69, 9.17) is 19.2 Å². The zero-order valence-corrected chi connectivity index (χ0v) is 8.73. The molecule has 0 fully saturated rings. The number of hydrogen-bond acceptors (Lipinski definition) is 6. The Bertz CT molecular complexity index is 126. The van der Waals surface area contributed by atoms with Gasteiger partial charge in [-0.2, -0.15) is 0 Å². The molecule has 0 aliphatic rings. The molecule has 0 atom stereocenters. The monoisotopic (exact) mass is 212 g/mol. The molecule has 0 amide bonds. The first kappa shape index (κ1) is 15.0. The summed E-state index contributed by atoms with van der Waals surface area (Å²) in [7, 11) is -4.61. The summed E-state index contributed by atoms with van der Waals surface area (Å²) in [4.78, 5) is 39.4. The van der Waals surface area contributed by atoms with Gasteiger partial charge in [0, 0.05) is 6.92 Å². The average molecular weight is 212 g/mol. The topological polar surface area (TPSA) is 107 Å². The van der Waals surface area contributed by atoms with Gasteiger partial charge in [-0.1, -0.05) is 13.3 Å². The van der Waals surface area contributed by atoms with Crippen molar-refractivity contribution in [3.05, 3.63) is 0 Å². The van der Waals surface area contributed by atoms with E-state index in [1.54, 1.807) is 0 Å². The van der Waals surface area contributed by atoms with Crippen LogP contribution in [0.3, 0.4) is 0 Å². The maximum absolute atomic E-state index is 10.1. The highest BCUT2D eigenvalue weighted by molar-refractivity contribution is 6.46. The van der Waals surface area contributed by atoms with Crippen LogP contribution >= 0.6 is 0 Å². The molecule has 13 heavy (non-hydrogen) atoms. The summed E-state index contributed by atoms with van der Waals surface area (Å²) in [5.41, 5.74) is 0. The second-order valence-corrected chi connectivity index (χ2v) is 3.49. The minimum atomic E-state index is -4.61. The molecule has 4 N–H and O–H groups in total. The van der Waals surface area contributed by atoms with Crippen LogP contribution in [0.4, 0.5) is 0 Å². The molecule has 0 saturated heterocycles. The first-order valence-corrected chi connectivity index (χ1v) is 5.59. The Morgan fingerprint density at radius 2 is 1.69 bits per heavy atom. The Morgan fingerprint density at radius 1 is 1.31 bits per heavy atom. The van der Waals surface area contributed by atoms with Gasteiger partial charge in [0.05, 0.1) is 6.61 Å². The summed E-state index contributed by atoms with van der Waals surface area (Å²) >= 11 is 0. The van der Waals surface area contributed by atoms with Crippen molar-refractivity contribution in [1.82, 2.24) is 0 Å². The van der Waals surface area contributed by atoms with Crippen molar-refractivity contribution in [2.24, 2.45) is 0 Å². The maximum atomic E-state index is 10.1. The van der Waals surface area contributed by atoms with Gasteiger partial charge in [0.15, 0.2) is 0 Å². The first-order chi connectivity index (χ1) is 5.77. The quantitative estimate of drug-likeness (QED) is 0.264. The molecule has 0 aromatic rings. The van der Waals surface area contributed by atoms with Gasteiger partial charge in [0.2, 0.25) is 0 Å². The highest BCUT2D eigenvalue weighted by Crippen LogP contribution is 1.86. The van der Waals surface area contributed by atoms with E-state index >= 15 is 0 Å². The van der Waals surface area contributed by atoms with E-state index in [1.807, 2.05) is 0 Å². The third-order valence-corrected chi connectivity index (χ3v) is 0.803. The van der Waals surface area contributed by atoms with Crippen LogP contribution in [0.15, 0.2) is 0 Å². The normalized spacial score (nSPS) is 10.0. The standard InChI is InChI=1S/C6H12O2.H4O4Si/c1-3-4-5-8-6(2)7;1-5(2,3)4/h3-5H2,1-2H3;1-4H. The van der Waals surface area contributed by atoms with Gasteiger partial charge in [-0.15, -0.1) is 0 Å². The SMILES string of the molecule is CCCCOC(C)=O.O[Si](O)(O)O. The molecular formula is C6H16O6Si. The smallest absolute Gasteiger partial charge is 0.466 e. The van der Waals surface area contributed by atoms with Gasteiger partial charge in [-0.3, -0.25) is 4.79 Å². The minimum Gasteiger partial charge on any atom is -0.466 e. The molecule has 0 rings (SSSR count). The molecule has 0 radical (unpaired) electrons. The molecule has 0 aliphatic carbocycles. The summed E-state index contributed by atoms with van der Waals surface area (Å²) in [6, 6.07) is 0. The molecule has 0 aromatic carbocycles. The second-order valence-electron chi connectivity index (χ2n) is 2.29. The van der Waals surface area contributed by atoms with E-state index in [-0.39, 0.29) is 5.97 Å². The second kappa shape index (κ2) is 8.14. The van der Waals surface area contributed by atoms with Crippen molar-refractivity contribution in [3.8, 4) is 0 Å². The van der Waals surface area contributed by atoms with E-state index < -0.39 is 9.05 Å². The molecule has 0 bridgehead atoms. The van der Waals surface area contributed by atoms with Crippen molar-refractivity contribution in [2.75, 3.05) is 6.61 Å². The predicted octanol–water partition coefficient (Wildman–Crippen LogP) is -1.26. The fourth-order valence-electron chi connectivity index (χ4n) is 0.360. The highest BCUT2D eigenvalue weighted by atomic mass is 28.4. The van der Waals surface area contributed by atoms with Crippen LogP contribution in [0, 0.1) is 0 Å². The Balaban J connectivity index is 0. The number of hydrogen-bond donors (Lipinski definition) is 4. The van der Waals surface area contributed by atoms with E-state index in [0.29, 0.717) is 6.61 Å². The van der Waals surface area contributed by atoms with E-state index in [1.165, 1.54) is 6.92 Å². The molecule has 0 aromatic heterocycles. The highest BCUT2D eigenvalue weighted by Gasteiger charge is 2.22. The predicted molar refractivity (Wildman–Crippen MR) is 46.2 cm³/mol. The molecule has 0 heterocycles. The van der Waals surface area contributed by atoms with Crippen molar-refractivity contribution >= 4 is 15.0 Å². The Kier molecular flexibility index (Phi) is 9.40. The molecular weight excluding hydrogens is 196 g/mol. The molecule has 7 heteroatoms. The van der Waals surface area contributed by atoms with Crippen LogP contribution in [0.25, 0.3) is 0 Å². The molecule has 0 aliphatic heterocycles. The number of rotatable bonds is 3. The van der Waals surface area contributed by atoms with Gasteiger partial charge in [0.1, 0.15) is 0 Å². The summed E-state index contributed by atoms with van der Waals surface area (Å²) in [6.45, 7) is 4.06. The molecule has 0 unspecified atom stereocenters. The summed E-state index contributed by atoms with van der Waals surface area (Å²) in [6.07, 6.45) is 2.05. The van der Waals surface area contributed by atoms with Crippen molar-refractivity contribution in [2.45, 2.75) is 26.7 Å². The summed E-state index contributed by atoms with van der Waals surface area (Å²) in [5, 5.41) is 0. The average Bonchev–Trinajstić information content (AvgIpc) is 1.83. The van der Waals surface area contributed by atoms with Gasteiger partial charge in [0.25, 0.3) is 0 Å². The lowest BCUT2D eigenvalue weighted by atomic mass is 10.4. The van der Waals surface area contributed by atoms with E-state index in [0.717, 1.165) is 12.8 Å². The maximum Gasteiger partial charge on any atom is 0.668 e. The molecule has 80 valence electrons. The van der Waals surface area contributed by atoms with Crippen molar-refractivity contribution < 1.29 is 28.7 Å². The summed E-state index contributed by atoms with van der Waals surface area (Å²) in [5.74, 6) is -0.182. The number of unbranched alkanes of at least 4 members (excludes halogenated alkanes) is 1. The van der Waals surface area contributed by atoms with Crippen molar-refractivity contribution in [3.63, 3.8) is 0 Å². The van der Waals surface area contributed by atoms with Crippen LogP contribution in [0.1, 0.15) is 26.7 Å². The van der Waals surface area contributed by atoms with Gasteiger partial charge in [-0.05, 0) is 6.42 Å². The number of ether oxygens (including phenoxy) is 1. The molecule has 0 saturated carbocycles. The fraction of sp³-hybridized carbons (Fsp3) is 0.833. The number of carbonyl (C=O) groups excluding carboxylic acids is 1. The molecule has 0 spiro atoms. The molecule has 6 nitrogen and oxygen atoms in total. The number of esters is 1. The van der Waals surface area contributed by atoms with Crippen LogP contribution in [-0.2, 0) is 9.53 Å². The van der Waals surface area contributed by atoms with Crippen LogP contribution in [0.5, 0.6) is 0 Å². The zero-order valence-electron chi connectivity index (χ0n) is 7.73. The lowest BCUT2D eigenvalue weighted by molar-refractivity contribution is -0.141. The van der Waals surface area contributed by atoms with Gasteiger partial charge >= 0.3 is 15.0 Å². The van der Waals surface area contributed by atoms with E-state index in [2.05, 4.69) is 11.7 Å². The lowest BCUT2D eigenvalue weighted by Gasteiger charge is -1.96. The van der Waals surface area contributed by atoms with E-state index in [9.17, 15) is 4.79 Å². The fourth-order valence-corrected chi connectivity index (χ4v) is 0.360. The number of carbonyl (C=O) groups is 1. The van der Waals surface area contributed by atoms with Gasteiger partial charge < -0.3 is 23.9 Å². The van der Waals surface area contributed by atoms with Crippen LogP contribution in [-0.4, -0.2) is 40.8 Å². The summed E-state index contributed by atoms with van der Waals surface area (Å²) < 4.78 is 4.64. The minimum absolute atomic E-state index is 0.182. The Labute approximate surface area is 77.9 Å². The van der Waals surface area contributed by atoms with Gasteiger partial charge in [-0.25, -0.2) is 0 Å². The first-order valence-electron chi connectivity index (χ1n) is 3.80. The Morgan fingerprint density at radius 3 is 1.92 bits per heavy atom. The van der Waals surface area contributed by atoms with Crippen molar-refractivity contribution in [1.29, 1.82) is 0 Å². The third-order valence-electron chi connectivity index (χ3n) is 0.803. The van der Waals surface area contributed by atoms with Crippen LogP contribution < -0.4 is 0 Å². The lowest BCUT2D eigenvalue weighted by Crippen LogP contribution is -2.33. The zero-order chi connectivity index (χ0) is 10.9. The van der Waals surface area contributed by atoms with Crippen LogP contribution in [0.2, 0.25) is 0 Å².